The molecule has 7 heteroatoms. The van der Waals surface area contributed by atoms with E-state index in [0.717, 1.165) is 41.3 Å². The number of aromatic nitrogens is 1. The maximum Gasteiger partial charge on any atom is 0.231 e. The second kappa shape index (κ2) is 7.03. The van der Waals surface area contributed by atoms with Gasteiger partial charge in [-0.2, -0.15) is 0 Å². The highest BCUT2D eigenvalue weighted by Gasteiger charge is 2.42. The van der Waals surface area contributed by atoms with E-state index in [1.165, 1.54) is 0 Å². The third-order valence-corrected chi connectivity index (χ3v) is 7.22. The van der Waals surface area contributed by atoms with Crippen LogP contribution in [0.5, 0.6) is 0 Å². The number of thiophene rings is 1. The second-order valence-corrected chi connectivity index (χ2v) is 9.30. The third kappa shape index (κ3) is 3.45. The molecule has 2 aromatic rings. The van der Waals surface area contributed by atoms with Crippen molar-refractivity contribution < 1.29 is 14.3 Å². The van der Waals surface area contributed by atoms with E-state index in [2.05, 4.69) is 11.4 Å². The lowest BCUT2D eigenvalue weighted by atomic mass is 9.86. The average molecular weight is 393 g/mol. The van der Waals surface area contributed by atoms with Crippen LogP contribution in [0.1, 0.15) is 45.2 Å². The molecular weight excluding hydrogens is 368 g/mol. The topological polar surface area (TPSA) is 60.5 Å². The molecular formula is C19H24N2O3S2. The molecule has 1 spiro atoms. The van der Waals surface area contributed by atoms with Crippen LogP contribution in [0, 0.1) is 0 Å². The fourth-order valence-corrected chi connectivity index (χ4v) is 5.35. The Morgan fingerprint density at radius 2 is 2.00 bits per heavy atom. The van der Waals surface area contributed by atoms with E-state index < -0.39 is 5.41 Å². The van der Waals surface area contributed by atoms with Crippen molar-refractivity contribution in [2.45, 2.75) is 56.8 Å². The van der Waals surface area contributed by atoms with E-state index in [9.17, 15) is 4.79 Å². The zero-order valence-corrected chi connectivity index (χ0v) is 16.8. The molecule has 0 unspecified atom stereocenters. The van der Waals surface area contributed by atoms with Crippen LogP contribution in [-0.4, -0.2) is 35.9 Å². The van der Waals surface area contributed by atoms with Crippen LogP contribution >= 0.6 is 22.7 Å². The van der Waals surface area contributed by atoms with Crippen LogP contribution in [0.15, 0.2) is 22.9 Å². The number of hydrogen-bond acceptors (Lipinski definition) is 6. The Labute approximate surface area is 161 Å². The summed E-state index contributed by atoms with van der Waals surface area (Å²) < 4.78 is 11.5. The summed E-state index contributed by atoms with van der Waals surface area (Å²) in [5.74, 6) is -0.351. The molecule has 3 heterocycles. The highest BCUT2D eigenvalue weighted by molar-refractivity contribution is 7.20. The van der Waals surface area contributed by atoms with Gasteiger partial charge in [-0.05, 0) is 38.1 Å². The van der Waals surface area contributed by atoms with Gasteiger partial charge in [0.15, 0.2) is 5.79 Å². The number of nitrogens with one attached hydrogen (secondary N) is 1. The molecule has 2 aliphatic rings. The van der Waals surface area contributed by atoms with Crippen LogP contribution in [0.25, 0.3) is 9.88 Å². The van der Waals surface area contributed by atoms with Gasteiger partial charge in [-0.15, -0.1) is 22.7 Å². The smallest absolute Gasteiger partial charge is 0.231 e. The van der Waals surface area contributed by atoms with Crippen molar-refractivity contribution in [3.8, 4) is 9.88 Å². The summed E-state index contributed by atoms with van der Waals surface area (Å²) >= 11 is 3.27. The highest BCUT2D eigenvalue weighted by Crippen LogP contribution is 2.37. The average Bonchev–Trinajstić information content (AvgIpc) is 3.38. The Balaban J connectivity index is 1.39. The van der Waals surface area contributed by atoms with E-state index in [4.69, 9.17) is 14.5 Å². The van der Waals surface area contributed by atoms with Gasteiger partial charge in [0.2, 0.25) is 5.91 Å². The fourth-order valence-electron chi connectivity index (χ4n) is 3.54. The summed E-state index contributed by atoms with van der Waals surface area (Å²) in [7, 11) is 0. The Hall–Kier alpha value is -1.28. The first-order valence-electron chi connectivity index (χ1n) is 9.07. The Kier molecular flexibility index (Phi) is 4.90. The molecule has 2 fully saturated rings. The van der Waals surface area contributed by atoms with E-state index in [1.807, 2.05) is 30.7 Å². The van der Waals surface area contributed by atoms with Crippen molar-refractivity contribution in [2.75, 3.05) is 13.2 Å². The van der Waals surface area contributed by atoms with Gasteiger partial charge in [0.05, 0.1) is 29.2 Å². The van der Waals surface area contributed by atoms with Gasteiger partial charge in [-0.25, -0.2) is 4.98 Å². The first-order valence-corrected chi connectivity index (χ1v) is 10.8. The molecule has 1 saturated heterocycles. The zero-order chi connectivity index (χ0) is 18.2. The van der Waals surface area contributed by atoms with Crippen LogP contribution in [0.2, 0.25) is 0 Å². The third-order valence-electron chi connectivity index (χ3n) is 5.34. The Bertz CT molecular complexity index is 754. The SMILES string of the molecule is CC(C)(C(=O)NC1CCC2(CC1)OCCO2)c1csc(-c2cccs2)n1. The minimum Gasteiger partial charge on any atom is -0.353 e. The molecule has 1 saturated carbocycles. The molecule has 26 heavy (non-hydrogen) atoms. The number of carbonyl (C=O) groups excluding carboxylic acids is 1. The van der Waals surface area contributed by atoms with Crippen molar-refractivity contribution in [3.63, 3.8) is 0 Å². The maximum absolute atomic E-state index is 12.9. The van der Waals surface area contributed by atoms with E-state index in [1.54, 1.807) is 22.7 Å². The van der Waals surface area contributed by atoms with E-state index in [-0.39, 0.29) is 17.7 Å². The molecule has 1 aliphatic heterocycles. The lowest BCUT2D eigenvalue weighted by molar-refractivity contribution is -0.180. The molecule has 0 aromatic carbocycles. The Morgan fingerprint density at radius 3 is 2.65 bits per heavy atom. The van der Waals surface area contributed by atoms with Crippen LogP contribution < -0.4 is 5.32 Å². The molecule has 4 rings (SSSR count). The number of thiazole rings is 1. The van der Waals surface area contributed by atoms with Crippen molar-refractivity contribution in [2.24, 2.45) is 0 Å². The number of amides is 1. The highest BCUT2D eigenvalue weighted by atomic mass is 32.1. The first-order chi connectivity index (χ1) is 12.5. The molecule has 140 valence electrons. The lowest BCUT2D eigenvalue weighted by Gasteiger charge is -2.36. The second-order valence-electron chi connectivity index (χ2n) is 7.50. The number of ether oxygens (including phenoxy) is 2. The van der Waals surface area contributed by atoms with Gasteiger partial charge in [0.1, 0.15) is 5.01 Å². The number of nitrogens with zero attached hydrogens (tertiary/aromatic N) is 1. The predicted molar refractivity (Wildman–Crippen MR) is 103 cm³/mol. The summed E-state index contributed by atoms with van der Waals surface area (Å²) in [5, 5.41) is 8.25. The first kappa shape index (κ1) is 18.1. The summed E-state index contributed by atoms with van der Waals surface area (Å²) in [6, 6.07) is 4.26. The van der Waals surface area contributed by atoms with Gasteiger partial charge in [0.25, 0.3) is 0 Å². The molecule has 5 nitrogen and oxygen atoms in total. The van der Waals surface area contributed by atoms with Gasteiger partial charge < -0.3 is 14.8 Å². The van der Waals surface area contributed by atoms with E-state index in [0.29, 0.717) is 13.2 Å². The summed E-state index contributed by atoms with van der Waals surface area (Å²) in [4.78, 5) is 18.8. The van der Waals surface area contributed by atoms with Crippen LogP contribution in [0.4, 0.5) is 0 Å². The quantitative estimate of drug-likeness (QED) is 0.856. The van der Waals surface area contributed by atoms with Gasteiger partial charge in [-0.1, -0.05) is 6.07 Å². The summed E-state index contributed by atoms with van der Waals surface area (Å²) in [5.41, 5.74) is 0.180. The van der Waals surface area contributed by atoms with Crippen molar-refractivity contribution >= 4 is 28.6 Å². The number of rotatable bonds is 4. The maximum atomic E-state index is 12.9. The largest absolute Gasteiger partial charge is 0.353 e. The monoisotopic (exact) mass is 392 g/mol. The number of hydrogen-bond donors (Lipinski definition) is 1. The van der Waals surface area contributed by atoms with Gasteiger partial charge in [0, 0.05) is 24.3 Å². The molecule has 0 bridgehead atoms. The molecule has 1 aliphatic carbocycles. The van der Waals surface area contributed by atoms with Crippen LogP contribution in [-0.2, 0) is 19.7 Å². The molecule has 2 aromatic heterocycles. The Morgan fingerprint density at radius 1 is 1.27 bits per heavy atom. The van der Waals surface area contributed by atoms with Gasteiger partial charge >= 0.3 is 0 Å². The standard InChI is InChI=1S/C19H24N2O3S2/c1-18(2,15-12-26-16(21-15)14-4-3-11-25-14)17(22)20-13-5-7-19(8-6-13)23-9-10-24-19/h3-4,11-13H,5-10H2,1-2H3,(H,20,22). The lowest BCUT2D eigenvalue weighted by Crippen LogP contribution is -2.49. The van der Waals surface area contributed by atoms with Crippen molar-refractivity contribution in [3.05, 3.63) is 28.6 Å². The van der Waals surface area contributed by atoms with Crippen molar-refractivity contribution in [1.29, 1.82) is 0 Å². The molecule has 0 radical (unpaired) electrons. The summed E-state index contributed by atoms with van der Waals surface area (Å²) in [6.07, 6.45) is 3.47. The van der Waals surface area contributed by atoms with Gasteiger partial charge in [-0.3, -0.25) is 4.79 Å². The predicted octanol–water partition coefficient (Wildman–Crippen LogP) is 3.95. The minimum absolute atomic E-state index is 0.0368. The van der Waals surface area contributed by atoms with E-state index >= 15 is 0 Å². The minimum atomic E-state index is -0.651. The normalized spacial score (nSPS) is 20.5. The zero-order valence-electron chi connectivity index (χ0n) is 15.1. The fraction of sp³-hybridized carbons (Fsp3) is 0.579. The number of carbonyl (C=O) groups is 1. The summed E-state index contributed by atoms with van der Waals surface area (Å²) in [6.45, 7) is 5.26. The van der Waals surface area contributed by atoms with Crippen molar-refractivity contribution in [1.82, 2.24) is 10.3 Å². The molecule has 1 amide bonds. The van der Waals surface area contributed by atoms with Crippen LogP contribution in [0.3, 0.4) is 0 Å². The molecule has 0 atom stereocenters. The molecule has 1 N–H and O–H groups in total.